The number of benzene rings is 1. The second kappa shape index (κ2) is 11.1. The summed E-state index contributed by atoms with van der Waals surface area (Å²) in [4.78, 5) is 22.2. The van der Waals surface area contributed by atoms with Crippen LogP contribution < -0.4 is 15.8 Å². The van der Waals surface area contributed by atoms with Gasteiger partial charge in [0.15, 0.2) is 0 Å². The number of nitrogens with zero attached hydrogens (tertiary/aromatic N) is 3. The normalized spacial score (nSPS) is 20.5. The molecule has 3 N–H and O–H groups in total. The van der Waals surface area contributed by atoms with Crippen LogP contribution in [0.15, 0.2) is 53.3 Å². The van der Waals surface area contributed by atoms with Gasteiger partial charge in [-0.15, -0.1) is 0 Å². The third kappa shape index (κ3) is 6.75. The van der Waals surface area contributed by atoms with Crippen LogP contribution >= 0.6 is 0 Å². The molecule has 3 rings (SSSR count). The van der Waals surface area contributed by atoms with Gasteiger partial charge in [-0.05, 0) is 35.7 Å². The van der Waals surface area contributed by atoms with Crippen molar-refractivity contribution in [2.75, 3.05) is 32.6 Å². The Morgan fingerprint density at radius 1 is 1.27 bits per heavy atom. The van der Waals surface area contributed by atoms with Gasteiger partial charge >= 0.3 is 6.18 Å². The molecule has 1 aromatic heterocycles. The lowest BCUT2D eigenvalue weighted by molar-refractivity contribution is -0.148. The van der Waals surface area contributed by atoms with E-state index in [0.29, 0.717) is 17.5 Å². The predicted molar refractivity (Wildman–Crippen MR) is 130 cm³/mol. The van der Waals surface area contributed by atoms with Gasteiger partial charge in [-0.25, -0.2) is 13.8 Å². The Morgan fingerprint density at radius 3 is 2.49 bits per heavy atom. The number of likely N-dealkylation sites (tertiary alicyclic amines) is 1. The summed E-state index contributed by atoms with van der Waals surface area (Å²) >= 11 is 0. The Kier molecular flexibility index (Phi) is 8.39. The molecule has 7 nitrogen and oxygen atoms in total. The molecule has 0 saturated carbocycles. The van der Waals surface area contributed by atoms with Gasteiger partial charge in [-0.1, -0.05) is 19.1 Å². The van der Waals surface area contributed by atoms with Gasteiger partial charge in [-0.3, -0.25) is 9.79 Å². The van der Waals surface area contributed by atoms with Crippen molar-refractivity contribution in [2.24, 2.45) is 16.6 Å². The molecule has 2 aromatic rings. The smallest absolute Gasteiger partial charge is 0.417 e. The Labute approximate surface area is 211 Å². The molecule has 2 heterocycles. The van der Waals surface area contributed by atoms with Gasteiger partial charge in [0.1, 0.15) is 17.3 Å². The first-order valence-corrected chi connectivity index (χ1v) is 11.4. The maximum atomic E-state index is 14.5. The highest BCUT2D eigenvalue weighted by Crippen LogP contribution is 2.35. The van der Waals surface area contributed by atoms with Crippen molar-refractivity contribution in [1.29, 1.82) is 0 Å². The summed E-state index contributed by atoms with van der Waals surface area (Å²) in [5, 5.41) is 2.86. The minimum absolute atomic E-state index is 0.0195. The number of carbonyl (C=O) groups excluding carboxylic acids is 1. The monoisotopic (exact) mass is 525 g/mol. The van der Waals surface area contributed by atoms with E-state index in [0.717, 1.165) is 17.0 Å². The fraction of sp³-hybridized carbons (Fsp3) is 0.400. The number of hydrogen-bond acceptors (Lipinski definition) is 6. The van der Waals surface area contributed by atoms with Gasteiger partial charge in [0.25, 0.3) is 11.8 Å². The largest absolute Gasteiger partial charge is 0.497 e. The van der Waals surface area contributed by atoms with E-state index in [1.54, 1.807) is 31.2 Å². The van der Waals surface area contributed by atoms with Crippen LogP contribution in [0.2, 0.25) is 0 Å². The zero-order valence-electron chi connectivity index (χ0n) is 20.5. The molecule has 1 amide bonds. The standard InChI is InChI=1S/C25H28F5N5O2/c1-15-10-24(26,27)14-35(20(15)13-34-21-9-6-17(11-33-21)25(28,29)30)23(36)22(31)19(12-32-2)16-4-7-18(37-3)8-5-16/h4-9,11-12,15,20H,10,13-14,31H2,1-3H3,(H,33,34). The average Bonchev–Trinajstić information content (AvgIpc) is 2.85. The van der Waals surface area contributed by atoms with Gasteiger partial charge in [0.2, 0.25) is 0 Å². The first kappa shape index (κ1) is 27.9. The minimum atomic E-state index is -4.54. The molecule has 200 valence electrons. The zero-order valence-corrected chi connectivity index (χ0v) is 20.5. The maximum absolute atomic E-state index is 14.5. The molecule has 0 aliphatic carbocycles. The highest BCUT2D eigenvalue weighted by Gasteiger charge is 2.46. The molecule has 1 aliphatic heterocycles. The van der Waals surface area contributed by atoms with Crippen molar-refractivity contribution in [3.63, 3.8) is 0 Å². The Bertz CT molecular complexity index is 1150. The third-order valence-corrected chi connectivity index (χ3v) is 6.10. The number of nitrogens with one attached hydrogen (secondary N) is 1. The molecule has 1 aromatic carbocycles. The summed E-state index contributed by atoms with van der Waals surface area (Å²) in [6, 6.07) is 7.94. The van der Waals surface area contributed by atoms with Crippen LogP contribution in [0.4, 0.5) is 27.8 Å². The predicted octanol–water partition coefficient (Wildman–Crippen LogP) is 4.46. The van der Waals surface area contributed by atoms with E-state index in [-0.39, 0.29) is 23.6 Å². The summed E-state index contributed by atoms with van der Waals surface area (Å²) in [6.45, 7) is 0.703. The van der Waals surface area contributed by atoms with E-state index in [9.17, 15) is 26.7 Å². The number of alkyl halides is 5. The molecule has 0 spiro atoms. The Balaban J connectivity index is 1.89. The lowest BCUT2D eigenvalue weighted by Crippen LogP contribution is -2.58. The van der Waals surface area contributed by atoms with Crippen molar-refractivity contribution in [3.05, 3.63) is 59.4 Å². The topological polar surface area (TPSA) is 92.8 Å². The number of hydrogen-bond donors (Lipinski definition) is 2. The molecule has 2 unspecified atom stereocenters. The summed E-state index contributed by atoms with van der Waals surface area (Å²) in [7, 11) is 2.99. The van der Waals surface area contributed by atoms with Gasteiger partial charge in [0.05, 0.1) is 25.3 Å². The van der Waals surface area contributed by atoms with Crippen LogP contribution in [-0.2, 0) is 11.0 Å². The molecule has 0 radical (unpaired) electrons. The van der Waals surface area contributed by atoms with Crippen molar-refractivity contribution >= 4 is 23.5 Å². The highest BCUT2D eigenvalue weighted by atomic mass is 19.4. The van der Waals surface area contributed by atoms with Crippen molar-refractivity contribution in [1.82, 2.24) is 9.88 Å². The molecule has 1 fully saturated rings. The van der Waals surface area contributed by atoms with Gasteiger partial charge in [-0.2, -0.15) is 13.2 Å². The fourth-order valence-corrected chi connectivity index (χ4v) is 4.22. The highest BCUT2D eigenvalue weighted by molar-refractivity contribution is 6.18. The molecule has 0 bridgehead atoms. The number of anilines is 1. The van der Waals surface area contributed by atoms with Crippen LogP contribution in [-0.4, -0.2) is 61.2 Å². The quantitative estimate of drug-likeness (QED) is 0.316. The van der Waals surface area contributed by atoms with Crippen molar-refractivity contribution in [3.8, 4) is 5.75 Å². The second-order valence-corrected chi connectivity index (χ2v) is 8.79. The second-order valence-electron chi connectivity index (χ2n) is 8.79. The Morgan fingerprint density at radius 2 is 1.95 bits per heavy atom. The molecule has 1 saturated heterocycles. The number of methoxy groups -OCH3 is 1. The average molecular weight is 526 g/mol. The number of amides is 1. The molecule has 1 aliphatic rings. The van der Waals surface area contributed by atoms with Gasteiger partial charge in [0, 0.05) is 38.0 Å². The SMILES string of the molecule is CN=CC(=C(N)C(=O)N1CC(F)(F)CC(C)C1CNc1ccc(C(F)(F)F)cn1)c1ccc(OC)cc1. The molecule has 37 heavy (non-hydrogen) atoms. The van der Waals surface area contributed by atoms with E-state index >= 15 is 0 Å². The van der Waals surface area contributed by atoms with E-state index < -0.39 is 48.5 Å². The number of aliphatic imine (C=N–C) groups is 1. The van der Waals surface area contributed by atoms with Crippen LogP contribution in [0.3, 0.4) is 0 Å². The van der Waals surface area contributed by atoms with Crippen LogP contribution in [0.5, 0.6) is 5.75 Å². The maximum Gasteiger partial charge on any atom is 0.417 e. The minimum Gasteiger partial charge on any atom is -0.497 e. The Hall–Kier alpha value is -3.70. The molecule has 12 heteroatoms. The number of piperidine rings is 1. The van der Waals surface area contributed by atoms with E-state index in [4.69, 9.17) is 10.5 Å². The van der Waals surface area contributed by atoms with E-state index in [2.05, 4.69) is 15.3 Å². The molecular weight excluding hydrogens is 497 g/mol. The first-order chi connectivity index (χ1) is 17.4. The fourth-order valence-electron chi connectivity index (χ4n) is 4.22. The van der Waals surface area contributed by atoms with E-state index in [1.165, 1.54) is 20.4 Å². The lowest BCUT2D eigenvalue weighted by Gasteiger charge is -2.43. The van der Waals surface area contributed by atoms with Crippen LogP contribution in [0, 0.1) is 5.92 Å². The number of nitrogens with two attached hydrogens (primary N) is 1. The summed E-state index contributed by atoms with van der Waals surface area (Å²) in [5.41, 5.74) is 5.84. The van der Waals surface area contributed by atoms with Crippen LogP contribution in [0.1, 0.15) is 24.5 Å². The number of carbonyl (C=O) groups is 1. The summed E-state index contributed by atoms with van der Waals surface area (Å²) in [5.74, 6) is -3.90. The number of aromatic nitrogens is 1. The number of allylic oxidation sites excluding steroid dienone is 1. The van der Waals surface area contributed by atoms with Crippen molar-refractivity contribution in [2.45, 2.75) is 31.5 Å². The zero-order chi connectivity index (χ0) is 27.4. The van der Waals surface area contributed by atoms with Gasteiger partial charge < -0.3 is 20.7 Å². The number of rotatable bonds is 7. The number of pyridine rings is 1. The number of halogens is 5. The van der Waals surface area contributed by atoms with E-state index in [1.807, 2.05) is 0 Å². The number of ether oxygens (including phenoxy) is 1. The summed E-state index contributed by atoms with van der Waals surface area (Å²) < 4.78 is 72.7. The van der Waals surface area contributed by atoms with Crippen LogP contribution in [0.25, 0.3) is 5.57 Å². The lowest BCUT2D eigenvalue weighted by atomic mass is 9.88. The molecule has 2 atom stereocenters. The third-order valence-electron chi connectivity index (χ3n) is 6.10. The first-order valence-electron chi connectivity index (χ1n) is 11.4. The molecular formula is C25H28F5N5O2. The summed E-state index contributed by atoms with van der Waals surface area (Å²) in [6.07, 6.45) is -2.95. The van der Waals surface area contributed by atoms with Crippen molar-refractivity contribution < 1.29 is 31.5 Å².